The van der Waals surface area contributed by atoms with Gasteiger partial charge in [0.2, 0.25) is 0 Å². The molecular weight excluding hydrogens is 276 g/mol. The topological polar surface area (TPSA) is 60.7 Å². The number of aliphatic hydroxyl groups is 3. The van der Waals surface area contributed by atoms with Crippen LogP contribution in [0, 0.1) is 34.5 Å². The number of rotatable bonds is 0. The van der Waals surface area contributed by atoms with Crippen molar-refractivity contribution in [3.63, 3.8) is 0 Å². The van der Waals surface area contributed by atoms with Crippen molar-refractivity contribution in [3.8, 4) is 0 Å². The lowest BCUT2D eigenvalue weighted by Crippen LogP contribution is -2.59. The molecule has 0 aromatic heterocycles. The number of fused-ring (bicyclic) bond motifs is 5. The zero-order chi connectivity index (χ0) is 15.7. The van der Waals surface area contributed by atoms with E-state index in [9.17, 15) is 15.3 Å². The molecule has 4 aliphatic carbocycles. The highest BCUT2D eigenvalue weighted by molar-refractivity contribution is 5.12. The summed E-state index contributed by atoms with van der Waals surface area (Å²) in [4.78, 5) is 0. The van der Waals surface area contributed by atoms with Crippen molar-refractivity contribution in [1.82, 2.24) is 0 Å². The van der Waals surface area contributed by atoms with Crippen molar-refractivity contribution in [1.29, 1.82) is 0 Å². The van der Waals surface area contributed by atoms with Gasteiger partial charge < -0.3 is 15.3 Å². The van der Waals surface area contributed by atoms with E-state index in [1.807, 2.05) is 0 Å². The Hall–Kier alpha value is -0.120. The van der Waals surface area contributed by atoms with Gasteiger partial charge in [-0.15, -0.1) is 0 Å². The molecular formula is C19H32O3. The third-order valence-corrected chi connectivity index (χ3v) is 8.52. The summed E-state index contributed by atoms with van der Waals surface area (Å²) in [5, 5.41) is 31.6. The molecule has 0 aromatic rings. The minimum absolute atomic E-state index is 0.0715. The van der Waals surface area contributed by atoms with Gasteiger partial charge in [0.25, 0.3) is 0 Å². The molecule has 0 amide bonds. The van der Waals surface area contributed by atoms with E-state index in [-0.39, 0.29) is 29.1 Å². The maximum atomic E-state index is 11.0. The number of hydrogen-bond donors (Lipinski definition) is 3. The lowest BCUT2D eigenvalue weighted by atomic mass is 9.44. The quantitative estimate of drug-likeness (QED) is 0.645. The van der Waals surface area contributed by atoms with E-state index in [1.54, 1.807) is 0 Å². The van der Waals surface area contributed by atoms with Crippen LogP contribution in [-0.2, 0) is 0 Å². The Kier molecular flexibility index (Phi) is 3.46. The Labute approximate surface area is 134 Å². The van der Waals surface area contributed by atoms with Crippen LogP contribution in [0.3, 0.4) is 0 Å². The van der Waals surface area contributed by atoms with Gasteiger partial charge in [-0.1, -0.05) is 13.8 Å². The molecule has 3 N–H and O–H groups in total. The Bertz CT molecular complexity index is 452. The van der Waals surface area contributed by atoms with E-state index in [0.717, 1.165) is 38.5 Å². The molecule has 0 unspecified atom stereocenters. The highest BCUT2D eigenvalue weighted by Gasteiger charge is 2.62. The maximum Gasteiger partial charge on any atom is 0.0597 e. The third-order valence-electron chi connectivity index (χ3n) is 8.52. The lowest BCUT2D eigenvalue weighted by Gasteiger charge is -2.62. The van der Waals surface area contributed by atoms with E-state index in [1.165, 1.54) is 12.8 Å². The molecule has 0 spiro atoms. The van der Waals surface area contributed by atoms with Crippen LogP contribution in [0.4, 0.5) is 0 Å². The van der Waals surface area contributed by atoms with Crippen molar-refractivity contribution in [2.24, 2.45) is 34.5 Å². The minimum atomic E-state index is -0.276. The normalized spacial score (nSPS) is 61.2. The van der Waals surface area contributed by atoms with E-state index in [2.05, 4.69) is 13.8 Å². The van der Waals surface area contributed by atoms with Crippen LogP contribution in [-0.4, -0.2) is 33.6 Å². The summed E-state index contributed by atoms with van der Waals surface area (Å²) in [5.74, 6) is 2.10. The number of aliphatic hydroxyl groups excluding tert-OH is 3. The molecule has 0 radical (unpaired) electrons. The standard InChI is InChI=1S/C19H32O3/c1-18-8-7-12(20)9-11(18)3-4-13-14-5-6-16(22)19(14,2)10-15(21)17(13)18/h11-17,20-22H,3-10H2,1-2H3/t11-,12-,13-,14-,15+,16-,17+,18-,19-/m0/s1. The van der Waals surface area contributed by atoms with Gasteiger partial charge in [0.15, 0.2) is 0 Å². The highest BCUT2D eigenvalue weighted by Crippen LogP contribution is 2.66. The van der Waals surface area contributed by atoms with Crippen molar-refractivity contribution in [3.05, 3.63) is 0 Å². The summed E-state index contributed by atoms with van der Waals surface area (Å²) in [6.07, 6.45) is 7.44. The molecule has 3 heteroatoms. The molecule has 9 atom stereocenters. The van der Waals surface area contributed by atoms with Crippen LogP contribution in [0.1, 0.15) is 65.2 Å². The van der Waals surface area contributed by atoms with E-state index in [4.69, 9.17) is 0 Å². The van der Waals surface area contributed by atoms with Gasteiger partial charge in [-0.05, 0) is 85.9 Å². The van der Waals surface area contributed by atoms with E-state index in [0.29, 0.717) is 23.7 Å². The first-order valence-electron chi connectivity index (χ1n) is 9.40. The Morgan fingerprint density at radius 1 is 0.864 bits per heavy atom. The van der Waals surface area contributed by atoms with Crippen molar-refractivity contribution in [2.45, 2.75) is 83.5 Å². The first kappa shape index (κ1) is 15.4. The average molecular weight is 308 g/mol. The molecule has 4 fully saturated rings. The Morgan fingerprint density at radius 3 is 2.41 bits per heavy atom. The van der Waals surface area contributed by atoms with Crippen molar-refractivity contribution >= 4 is 0 Å². The summed E-state index contributed by atoms with van der Waals surface area (Å²) in [6.45, 7) is 4.60. The molecule has 0 bridgehead atoms. The molecule has 0 saturated heterocycles. The molecule has 0 heterocycles. The summed E-state index contributed by atoms with van der Waals surface area (Å²) in [7, 11) is 0. The van der Waals surface area contributed by atoms with E-state index < -0.39 is 0 Å². The summed E-state index contributed by atoms with van der Waals surface area (Å²) < 4.78 is 0. The van der Waals surface area contributed by atoms with Gasteiger partial charge in [0.05, 0.1) is 18.3 Å². The third kappa shape index (κ3) is 1.91. The molecule has 4 aliphatic rings. The van der Waals surface area contributed by atoms with Gasteiger partial charge in [-0.2, -0.15) is 0 Å². The van der Waals surface area contributed by atoms with Gasteiger partial charge in [0.1, 0.15) is 0 Å². The SMILES string of the molecule is C[C@]12CC[C@H](O)C[C@@H]1CC[C@@H]1[C@@H]2[C@H](O)C[C@]2(C)[C@@H](O)CC[C@@H]12. The first-order valence-corrected chi connectivity index (χ1v) is 9.40. The fourth-order valence-electron chi connectivity index (χ4n) is 7.33. The predicted octanol–water partition coefficient (Wildman–Crippen LogP) is 2.72. The second kappa shape index (κ2) is 4.94. The van der Waals surface area contributed by atoms with Gasteiger partial charge in [-0.3, -0.25) is 0 Å². The fourth-order valence-corrected chi connectivity index (χ4v) is 7.33. The number of hydrogen-bond acceptors (Lipinski definition) is 3. The monoisotopic (exact) mass is 308 g/mol. The van der Waals surface area contributed by atoms with Gasteiger partial charge >= 0.3 is 0 Å². The predicted molar refractivity (Wildman–Crippen MR) is 85.1 cm³/mol. The van der Waals surface area contributed by atoms with Gasteiger partial charge in [-0.25, -0.2) is 0 Å². The molecule has 0 aliphatic heterocycles. The molecule has 0 aromatic carbocycles. The molecule has 3 nitrogen and oxygen atoms in total. The van der Waals surface area contributed by atoms with Crippen LogP contribution < -0.4 is 0 Å². The van der Waals surface area contributed by atoms with Crippen LogP contribution in [0.15, 0.2) is 0 Å². The summed E-state index contributed by atoms with van der Waals surface area (Å²) in [5.41, 5.74) is 0.119. The Morgan fingerprint density at radius 2 is 1.64 bits per heavy atom. The second-order valence-electron chi connectivity index (χ2n) is 9.37. The van der Waals surface area contributed by atoms with Crippen molar-refractivity contribution < 1.29 is 15.3 Å². The highest BCUT2D eigenvalue weighted by atomic mass is 16.3. The van der Waals surface area contributed by atoms with Crippen LogP contribution >= 0.6 is 0 Å². The average Bonchev–Trinajstić information content (AvgIpc) is 2.75. The lowest BCUT2D eigenvalue weighted by molar-refractivity contribution is -0.183. The molecule has 126 valence electrons. The van der Waals surface area contributed by atoms with Crippen molar-refractivity contribution in [2.75, 3.05) is 0 Å². The molecule has 4 saturated carbocycles. The molecule has 22 heavy (non-hydrogen) atoms. The Balaban J connectivity index is 1.68. The second-order valence-corrected chi connectivity index (χ2v) is 9.37. The van der Waals surface area contributed by atoms with Crippen LogP contribution in [0.2, 0.25) is 0 Å². The smallest absolute Gasteiger partial charge is 0.0597 e. The van der Waals surface area contributed by atoms with E-state index >= 15 is 0 Å². The summed E-state index contributed by atoms with van der Waals surface area (Å²) >= 11 is 0. The minimum Gasteiger partial charge on any atom is -0.393 e. The zero-order valence-corrected chi connectivity index (χ0v) is 14.0. The van der Waals surface area contributed by atoms with Crippen LogP contribution in [0.5, 0.6) is 0 Å². The van der Waals surface area contributed by atoms with Crippen LogP contribution in [0.25, 0.3) is 0 Å². The largest absolute Gasteiger partial charge is 0.393 e. The molecule has 4 rings (SSSR count). The maximum absolute atomic E-state index is 11.0. The first-order chi connectivity index (χ1) is 10.4. The van der Waals surface area contributed by atoms with Gasteiger partial charge in [0, 0.05) is 0 Å². The fraction of sp³-hybridized carbons (Fsp3) is 1.00. The zero-order valence-electron chi connectivity index (χ0n) is 14.0. The summed E-state index contributed by atoms with van der Waals surface area (Å²) in [6, 6.07) is 0.